The first kappa shape index (κ1) is 12.2. The zero-order chi connectivity index (χ0) is 12.4. The highest BCUT2D eigenvalue weighted by Gasteiger charge is 2.30. The van der Waals surface area contributed by atoms with Crippen molar-refractivity contribution in [1.29, 1.82) is 0 Å². The molecule has 1 unspecified atom stereocenters. The fourth-order valence-electron chi connectivity index (χ4n) is 1.90. The SMILES string of the molecule is CCOc1cc(Cl)ccc1N1CC(O)CC1=O. The van der Waals surface area contributed by atoms with Crippen molar-refractivity contribution in [1.82, 2.24) is 0 Å². The number of nitrogens with zero attached hydrogens (tertiary/aromatic N) is 1. The molecule has 5 heteroatoms. The molecule has 1 aromatic rings. The van der Waals surface area contributed by atoms with Crippen LogP contribution in [0.4, 0.5) is 5.69 Å². The summed E-state index contributed by atoms with van der Waals surface area (Å²) in [5.41, 5.74) is 0.665. The third-order valence-corrected chi connectivity index (χ3v) is 2.85. The second kappa shape index (κ2) is 4.94. The third-order valence-electron chi connectivity index (χ3n) is 2.62. The summed E-state index contributed by atoms with van der Waals surface area (Å²) in [6.07, 6.45) is -0.443. The first-order valence-corrected chi connectivity index (χ1v) is 5.90. The molecule has 1 N–H and O–H groups in total. The maximum atomic E-state index is 11.7. The highest BCUT2D eigenvalue weighted by molar-refractivity contribution is 6.30. The van der Waals surface area contributed by atoms with Gasteiger partial charge in [-0.15, -0.1) is 0 Å². The van der Waals surface area contributed by atoms with E-state index in [9.17, 15) is 9.90 Å². The second-order valence-electron chi connectivity index (χ2n) is 3.91. The maximum Gasteiger partial charge on any atom is 0.229 e. The van der Waals surface area contributed by atoms with Crippen LogP contribution in [0.3, 0.4) is 0 Å². The monoisotopic (exact) mass is 255 g/mol. The maximum absolute atomic E-state index is 11.7. The summed E-state index contributed by atoms with van der Waals surface area (Å²) in [6.45, 7) is 2.67. The molecule has 92 valence electrons. The molecule has 0 spiro atoms. The van der Waals surface area contributed by atoms with E-state index in [1.807, 2.05) is 6.92 Å². The van der Waals surface area contributed by atoms with Gasteiger partial charge in [0, 0.05) is 11.1 Å². The van der Waals surface area contributed by atoms with Gasteiger partial charge in [0.2, 0.25) is 5.91 Å². The smallest absolute Gasteiger partial charge is 0.229 e. The van der Waals surface area contributed by atoms with E-state index >= 15 is 0 Å². The molecule has 0 radical (unpaired) electrons. The van der Waals surface area contributed by atoms with Crippen LogP contribution in [-0.2, 0) is 4.79 Å². The first-order chi connectivity index (χ1) is 8.11. The molecule has 0 aromatic heterocycles. The lowest BCUT2D eigenvalue weighted by Gasteiger charge is -2.19. The van der Waals surface area contributed by atoms with Crippen molar-refractivity contribution in [3.05, 3.63) is 23.2 Å². The van der Waals surface area contributed by atoms with E-state index in [1.54, 1.807) is 18.2 Å². The Morgan fingerprint density at radius 2 is 2.35 bits per heavy atom. The highest BCUT2D eigenvalue weighted by atomic mass is 35.5. The normalized spacial score (nSPS) is 19.8. The molecule has 1 aromatic carbocycles. The van der Waals surface area contributed by atoms with Crippen molar-refractivity contribution in [3.8, 4) is 5.75 Å². The zero-order valence-electron chi connectivity index (χ0n) is 9.52. The molecule has 0 aliphatic carbocycles. The first-order valence-electron chi connectivity index (χ1n) is 5.52. The molecule has 4 nitrogen and oxygen atoms in total. The number of hydrogen-bond acceptors (Lipinski definition) is 3. The number of rotatable bonds is 3. The van der Waals surface area contributed by atoms with Crippen LogP contribution in [0.5, 0.6) is 5.75 Å². The van der Waals surface area contributed by atoms with E-state index in [2.05, 4.69) is 0 Å². The van der Waals surface area contributed by atoms with Gasteiger partial charge in [-0.05, 0) is 19.1 Å². The fraction of sp³-hybridized carbons (Fsp3) is 0.417. The minimum atomic E-state index is -0.604. The topological polar surface area (TPSA) is 49.8 Å². The third kappa shape index (κ3) is 2.53. The van der Waals surface area contributed by atoms with Gasteiger partial charge in [-0.3, -0.25) is 4.79 Å². The van der Waals surface area contributed by atoms with Gasteiger partial charge >= 0.3 is 0 Å². The summed E-state index contributed by atoms with van der Waals surface area (Å²) in [6, 6.07) is 5.12. The fourth-order valence-corrected chi connectivity index (χ4v) is 2.07. The summed E-state index contributed by atoms with van der Waals surface area (Å²) >= 11 is 5.89. The lowest BCUT2D eigenvalue weighted by atomic mass is 10.2. The Hall–Kier alpha value is -1.26. The van der Waals surface area contributed by atoms with E-state index in [0.717, 1.165) is 0 Å². The number of benzene rings is 1. The predicted molar refractivity (Wildman–Crippen MR) is 65.6 cm³/mol. The van der Waals surface area contributed by atoms with Crippen molar-refractivity contribution in [2.45, 2.75) is 19.4 Å². The van der Waals surface area contributed by atoms with Crippen molar-refractivity contribution in [3.63, 3.8) is 0 Å². The summed E-state index contributed by atoms with van der Waals surface area (Å²) in [5.74, 6) is 0.475. The molecule has 1 aliphatic heterocycles. The minimum absolute atomic E-state index is 0.0965. The van der Waals surface area contributed by atoms with Crippen LogP contribution in [-0.4, -0.2) is 30.3 Å². The van der Waals surface area contributed by atoms with Gasteiger partial charge in [-0.1, -0.05) is 11.6 Å². The minimum Gasteiger partial charge on any atom is -0.492 e. The quantitative estimate of drug-likeness (QED) is 0.897. The summed E-state index contributed by atoms with van der Waals surface area (Å²) in [5, 5.41) is 10.0. The van der Waals surface area contributed by atoms with Crippen molar-refractivity contribution in [2.24, 2.45) is 0 Å². The second-order valence-corrected chi connectivity index (χ2v) is 4.34. The van der Waals surface area contributed by atoms with Crippen LogP contribution in [0.25, 0.3) is 0 Å². The molecule has 1 heterocycles. The molecular weight excluding hydrogens is 242 g/mol. The van der Waals surface area contributed by atoms with Gasteiger partial charge in [0.15, 0.2) is 0 Å². The summed E-state index contributed by atoms with van der Waals surface area (Å²) in [4.78, 5) is 13.2. The van der Waals surface area contributed by atoms with E-state index in [4.69, 9.17) is 16.3 Å². The Morgan fingerprint density at radius 3 is 2.94 bits per heavy atom. The van der Waals surface area contributed by atoms with Gasteiger partial charge in [0.1, 0.15) is 5.75 Å². The molecule has 1 atom stereocenters. The molecule has 1 amide bonds. The number of aliphatic hydroxyl groups excluding tert-OH is 1. The van der Waals surface area contributed by atoms with Crippen LogP contribution in [0.2, 0.25) is 5.02 Å². The number of β-amino-alcohol motifs (C(OH)–C–C–N with tert-alkyl or cyclic N) is 1. The van der Waals surface area contributed by atoms with Gasteiger partial charge in [-0.2, -0.15) is 0 Å². The number of halogens is 1. The van der Waals surface area contributed by atoms with Gasteiger partial charge in [-0.25, -0.2) is 0 Å². The number of carbonyl (C=O) groups is 1. The Kier molecular flexibility index (Phi) is 3.54. The molecule has 1 aliphatic rings. The van der Waals surface area contributed by atoms with Crippen LogP contribution in [0.1, 0.15) is 13.3 Å². The Labute approximate surface area is 105 Å². The molecule has 1 fully saturated rings. The van der Waals surface area contributed by atoms with E-state index in [-0.39, 0.29) is 12.3 Å². The molecule has 0 saturated carbocycles. The molecule has 0 bridgehead atoms. The largest absolute Gasteiger partial charge is 0.492 e. The lowest BCUT2D eigenvalue weighted by Crippen LogP contribution is -2.25. The average Bonchev–Trinajstić information content (AvgIpc) is 2.59. The number of amides is 1. The van der Waals surface area contributed by atoms with Crippen LogP contribution >= 0.6 is 11.6 Å². The zero-order valence-corrected chi connectivity index (χ0v) is 10.3. The molecule has 1 saturated heterocycles. The summed E-state index contributed by atoms with van der Waals surface area (Å²) in [7, 11) is 0. The van der Waals surface area contributed by atoms with Gasteiger partial charge in [0.05, 0.1) is 31.4 Å². The number of carbonyl (C=O) groups excluding carboxylic acids is 1. The van der Waals surface area contributed by atoms with Crippen LogP contribution < -0.4 is 9.64 Å². The van der Waals surface area contributed by atoms with Gasteiger partial charge < -0.3 is 14.7 Å². The Bertz CT molecular complexity index is 436. The predicted octanol–water partition coefficient (Wildman–Crippen LogP) is 1.84. The molecule has 2 rings (SSSR count). The van der Waals surface area contributed by atoms with E-state index in [1.165, 1.54) is 4.90 Å². The molecule has 17 heavy (non-hydrogen) atoms. The standard InChI is InChI=1S/C12H14ClNO3/c1-2-17-11-5-8(13)3-4-10(11)14-7-9(15)6-12(14)16/h3-5,9,15H,2,6-7H2,1H3. The number of aliphatic hydroxyl groups is 1. The number of ether oxygens (including phenoxy) is 1. The van der Waals surface area contributed by atoms with E-state index in [0.29, 0.717) is 29.6 Å². The lowest BCUT2D eigenvalue weighted by molar-refractivity contribution is -0.117. The van der Waals surface area contributed by atoms with Gasteiger partial charge in [0.25, 0.3) is 0 Å². The van der Waals surface area contributed by atoms with Crippen LogP contribution in [0.15, 0.2) is 18.2 Å². The number of hydrogen-bond donors (Lipinski definition) is 1. The van der Waals surface area contributed by atoms with Crippen molar-refractivity contribution >= 4 is 23.2 Å². The Balaban J connectivity index is 2.34. The van der Waals surface area contributed by atoms with Crippen molar-refractivity contribution in [2.75, 3.05) is 18.1 Å². The number of anilines is 1. The van der Waals surface area contributed by atoms with Crippen LogP contribution in [0, 0.1) is 0 Å². The highest BCUT2D eigenvalue weighted by Crippen LogP contribution is 2.33. The Morgan fingerprint density at radius 1 is 1.59 bits per heavy atom. The average molecular weight is 256 g/mol. The molecular formula is C12H14ClNO3. The van der Waals surface area contributed by atoms with Crippen molar-refractivity contribution < 1.29 is 14.6 Å². The van der Waals surface area contributed by atoms with E-state index < -0.39 is 6.10 Å². The summed E-state index contributed by atoms with van der Waals surface area (Å²) < 4.78 is 5.45.